The van der Waals surface area contributed by atoms with E-state index in [1.54, 1.807) is 21.0 Å². The van der Waals surface area contributed by atoms with Crippen molar-refractivity contribution in [3.05, 3.63) is 41.5 Å². The Hall–Kier alpha value is -2.70. The van der Waals surface area contributed by atoms with Crippen LogP contribution in [0.25, 0.3) is 0 Å². The van der Waals surface area contributed by atoms with Gasteiger partial charge < -0.3 is 10.5 Å². The zero-order valence-corrected chi connectivity index (χ0v) is 13.0. The molecule has 22 heavy (non-hydrogen) atoms. The van der Waals surface area contributed by atoms with Gasteiger partial charge in [0.1, 0.15) is 17.4 Å². The molecule has 0 radical (unpaired) electrons. The summed E-state index contributed by atoms with van der Waals surface area (Å²) in [5.74, 6) is 2.81. The van der Waals surface area contributed by atoms with Crippen molar-refractivity contribution in [2.24, 2.45) is 10.7 Å². The number of nitrogens with one attached hydrogen (secondary N) is 1. The summed E-state index contributed by atoms with van der Waals surface area (Å²) in [6.07, 6.45) is 0.773. The SMILES string of the molecule is COc1cccc(CCN=C(N)Nc2nc(C)nc(C)n2)c1. The summed E-state index contributed by atoms with van der Waals surface area (Å²) in [6, 6.07) is 7.88. The molecule has 1 heterocycles. The first-order valence-corrected chi connectivity index (χ1v) is 6.96. The lowest BCUT2D eigenvalue weighted by atomic mass is 10.1. The van der Waals surface area contributed by atoms with Crippen molar-refractivity contribution in [3.63, 3.8) is 0 Å². The van der Waals surface area contributed by atoms with Gasteiger partial charge in [0.2, 0.25) is 5.95 Å². The van der Waals surface area contributed by atoms with Crippen LogP contribution in [0.5, 0.6) is 5.75 Å². The number of nitrogens with two attached hydrogens (primary N) is 1. The van der Waals surface area contributed by atoms with Gasteiger partial charge in [0.25, 0.3) is 0 Å². The molecule has 0 saturated carbocycles. The minimum Gasteiger partial charge on any atom is -0.497 e. The monoisotopic (exact) mass is 300 g/mol. The minimum atomic E-state index is 0.285. The number of hydrogen-bond acceptors (Lipinski definition) is 5. The van der Waals surface area contributed by atoms with Crippen molar-refractivity contribution < 1.29 is 4.74 Å². The molecule has 1 aromatic carbocycles. The Morgan fingerprint density at radius 1 is 1.23 bits per heavy atom. The van der Waals surface area contributed by atoms with E-state index in [2.05, 4.69) is 25.3 Å². The molecule has 0 atom stereocenters. The standard InChI is InChI=1S/C15H20N6O/c1-10-18-11(2)20-15(19-10)21-14(16)17-8-7-12-5-4-6-13(9-12)22-3/h4-6,9H,7-8H2,1-3H3,(H3,16,17,18,19,20,21). The van der Waals surface area contributed by atoms with Crippen LogP contribution in [-0.2, 0) is 6.42 Å². The first kappa shape index (κ1) is 15.7. The number of aryl methyl sites for hydroxylation is 2. The first-order valence-electron chi connectivity index (χ1n) is 6.96. The third-order valence-corrected chi connectivity index (χ3v) is 2.92. The van der Waals surface area contributed by atoms with Crippen molar-refractivity contribution in [1.82, 2.24) is 15.0 Å². The lowest BCUT2D eigenvalue weighted by molar-refractivity contribution is 0.414. The molecule has 116 valence electrons. The van der Waals surface area contributed by atoms with Gasteiger partial charge in [-0.2, -0.15) is 9.97 Å². The summed E-state index contributed by atoms with van der Waals surface area (Å²) in [5.41, 5.74) is 6.98. The topological polar surface area (TPSA) is 98.3 Å². The van der Waals surface area contributed by atoms with Crippen molar-refractivity contribution in [3.8, 4) is 5.75 Å². The van der Waals surface area contributed by atoms with Crippen LogP contribution in [0, 0.1) is 13.8 Å². The molecule has 0 spiro atoms. The molecule has 1 aromatic heterocycles. The molecule has 3 N–H and O–H groups in total. The summed E-state index contributed by atoms with van der Waals surface area (Å²) in [6.45, 7) is 4.17. The third kappa shape index (κ3) is 4.69. The lowest BCUT2D eigenvalue weighted by Gasteiger charge is -2.06. The van der Waals surface area contributed by atoms with Crippen LogP contribution in [0.3, 0.4) is 0 Å². The van der Waals surface area contributed by atoms with Gasteiger partial charge in [-0.25, -0.2) is 4.98 Å². The van der Waals surface area contributed by atoms with Crippen molar-refractivity contribution >= 4 is 11.9 Å². The van der Waals surface area contributed by atoms with Crippen molar-refractivity contribution in [1.29, 1.82) is 0 Å². The summed E-state index contributed by atoms with van der Waals surface area (Å²) in [4.78, 5) is 16.7. The van der Waals surface area contributed by atoms with E-state index >= 15 is 0 Å². The van der Waals surface area contributed by atoms with Gasteiger partial charge in [-0.05, 0) is 38.0 Å². The Labute approximate surface area is 129 Å². The molecule has 0 unspecified atom stereocenters. The Morgan fingerprint density at radius 3 is 2.64 bits per heavy atom. The number of nitrogens with zero attached hydrogens (tertiary/aromatic N) is 4. The van der Waals surface area contributed by atoms with E-state index in [0.717, 1.165) is 17.7 Å². The average molecular weight is 300 g/mol. The molecular weight excluding hydrogens is 280 g/mol. The molecule has 2 rings (SSSR count). The van der Waals surface area contributed by atoms with Crippen LogP contribution in [0.4, 0.5) is 5.95 Å². The fraction of sp³-hybridized carbons (Fsp3) is 0.333. The maximum Gasteiger partial charge on any atom is 0.233 e. The van der Waals surface area contributed by atoms with Crippen LogP contribution in [0.1, 0.15) is 17.2 Å². The van der Waals surface area contributed by atoms with Gasteiger partial charge in [-0.15, -0.1) is 0 Å². The highest BCUT2D eigenvalue weighted by atomic mass is 16.5. The number of hydrogen-bond donors (Lipinski definition) is 2. The van der Waals surface area contributed by atoms with Crippen LogP contribution >= 0.6 is 0 Å². The fourth-order valence-corrected chi connectivity index (χ4v) is 1.96. The highest BCUT2D eigenvalue weighted by Crippen LogP contribution is 2.12. The molecule has 0 aliphatic carbocycles. The molecule has 0 aliphatic heterocycles. The highest BCUT2D eigenvalue weighted by molar-refractivity contribution is 5.90. The number of rotatable bonds is 5. The largest absolute Gasteiger partial charge is 0.497 e. The van der Waals surface area contributed by atoms with E-state index in [0.29, 0.717) is 24.1 Å². The normalized spacial score (nSPS) is 11.3. The molecule has 2 aromatic rings. The number of anilines is 1. The van der Waals surface area contributed by atoms with E-state index < -0.39 is 0 Å². The smallest absolute Gasteiger partial charge is 0.233 e. The highest BCUT2D eigenvalue weighted by Gasteiger charge is 2.02. The van der Waals surface area contributed by atoms with E-state index in [1.165, 1.54) is 0 Å². The van der Waals surface area contributed by atoms with Crippen molar-refractivity contribution in [2.45, 2.75) is 20.3 Å². The van der Waals surface area contributed by atoms with E-state index in [-0.39, 0.29) is 5.96 Å². The Kier molecular flexibility index (Phi) is 5.24. The molecule has 0 saturated heterocycles. The number of methoxy groups -OCH3 is 1. The van der Waals surface area contributed by atoms with Crippen LogP contribution < -0.4 is 15.8 Å². The summed E-state index contributed by atoms with van der Waals surface area (Å²) < 4.78 is 5.19. The second-order valence-corrected chi connectivity index (χ2v) is 4.75. The summed E-state index contributed by atoms with van der Waals surface area (Å²) in [7, 11) is 1.65. The zero-order chi connectivity index (χ0) is 15.9. The minimum absolute atomic E-state index is 0.285. The van der Waals surface area contributed by atoms with Crippen molar-refractivity contribution in [2.75, 3.05) is 19.0 Å². The molecule has 0 bridgehead atoms. The molecule has 7 nitrogen and oxygen atoms in total. The predicted octanol–water partition coefficient (Wildman–Crippen LogP) is 1.47. The van der Waals surface area contributed by atoms with E-state index in [1.807, 2.05) is 24.3 Å². The Morgan fingerprint density at radius 2 is 1.95 bits per heavy atom. The maximum absolute atomic E-state index is 5.84. The Balaban J connectivity index is 1.92. The van der Waals surface area contributed by atoms with E-state index in [9.17, 15) is 0 Å². The van der Waals surface area contributed by atoms with Gasteiger partial charge in [0.15, 0.2) is 5.96 Å². The number of guanidine groups is 1. The third-order valence-electron chi connectivity index (χ3n) is 2.92. The van der Waals surface area contributed by atoms with Gasteiger partial charge in [-0.1, -0.05) is 12.1 Å². The quantitative estimate of drug-likeness (QED) is 0.641. The number of benzene rings is 1. The molecule has 0 fully saturated rings. The maximum atomic E-state index is 5.84. The lowest BCUT2D eigenvalue weighted by Crippen LogP contribution is -2.25. The van der Waals surface area contributed by atoms with Gasteiger partial charge in [0.05, 0.1) is 7.11 Å². The van der Waals surface area contributed by atoms with Crippen LogP contribution in [0.2, 0.25) is 0 Å². The molecular formula is C15H20N6O. The molecule has 7 heteroatoms. The van der Waals surface area contributed by atoms with Gasteiger partial charge >= 0.3 is 0 Å². The number of ether oxygens (including phenoxy) is 1. The fourth-order valence-electron chi connectivity index (χ4n) is 1.96. The summed E-state index contributed by atoms with van der Waals surface area (Å²) >= 11 is 0. The molecule has 0 amide bonds. The first-order chi connectivity index (χ1) is 10.6. The Bertz CT molecular complexity index is 651. The second kappa shape index (κ2) is 7.35. The summed E-state index contributed by atoms with van der Waals surface area (Å²) in [5, 5.41) is 2.87. The van der Waals surface area contributed by atoms with E-state index in [4.69, 9.17) is 10.5 Å². The van der Waals surface area contributed by atoms with Gasteiger partial charge in [0, 0.05) is 6.54 Å². The molecule has 0 aliphatic rings. The van der Waals surface area contributed by atoms with Crippen LogP contribution in [-0.4, -0.2) is 34.6 Å². The van der Waals surface area contributed by atoms with Crippen LogP contribution in [0.15, 0.2) is 29.3 Å². The predicted molar refractivity (Wildman–Crippen MR) is 86.1 cm³/mol. The number of aliphatic imine (C=N–C) groups is 1. The number of aromatic nitrogens is 3. The second-order valence-electron chi connectivity index (χ2n) is 4.75. The van der Waals surface area contributed by atoms with Gasteiger partial charge in [-0.3, -0.25) is 10.3 Å². The zero-order valence-electron chi connectivity index (χ0n) is 13.0. The average Bonchev–Trinajstić information content (AvgIpc) is 2.46.